The lowest BCUT2D eigenvalue weighted by Crippen LogP contribution is -2.09. The monoisotopic (exact) mass is 294 g/mol. The minimum atomic E-state index is -0.564. The van der Waals surface area contributed by atoms with Gasteiger partial charge in [0, 0.05) is 12.1 Å². The predicted octanol–water partition coefficient (Wildman–Crippen LogP) is 0.381. The Kier molecular flexibility index (Phi) is 3.81. The number of nitrogens with zero attached hydrogens (tertiary/aromatic N) is 4. The van der Waals surface area contributed by atoms with Crippen LogP contribution in [0, 0.1) is 10.1 Å². The van der Waals surface area contributed by atoms with Crippen molar-refractivity contribution < 1.29 is 4.92 Å². The lowest BCUT2D eigenvalue weighted by molar-refractivity contribution is -0.388. The SMILES string of the molecule is NNc1ccc([N+](=O)[O-])c(Sc2nc(N)cc(N)n2)n1. The lowest BCUT2D eigenvalue weighted by atomic mass is 10.4. The highest BCUT2D eigenvalue weighted by molar-refractivity contribution is 7.99. The molecule has 0 radical (unpaired) electrons. The molecule has 7 N–H and O–H groups in total. The minimum absolute atomic E-state index is 0.0791. The average molecular weight is 294 g/mol. The maximum atomic E-state index is 11.0. The molecule has 2 heterocycles. The molecule has 0 fully saturated rings. The van der Waals surface area contributed by atoms with Gasteiger partial charge in [0.25, 0.3) is 0 Å². The van der Waals surface area contributed by atoms with Crippen molar-refractivity contribution in [2.45, 2.75) is 10.2 Å². The van der Waals surface area contributed by atoms with Gasteiger partial charge in [-0.25, -0.2) is 20.8 Å². The van der Waals surface area contributed by atoms with Crippen molar-refractivity contribution in [3.63, 3.8) is 0 Å². The molecule has 104 valence electrons. The number of nitrogens with two attached hydrogens (primary N) is 3. The lowest BCUT2D eigenvalue weighted by Gasteiger charge is -2.05. The maximum Gasteiger partial charge on any atom is 0.301 e. The molecule has 10 nitrogen and oxygen atoms in total. The Hall–Kier alpha value is -2.66. The van der Waals surface area contributed by atoms with Crippen molar-refractivity contribution in [2.24, 2.45) is 5.84 Å². The summed E-state index contributed by atoms with van der Waals surface area (Å²) in [6, 6.07) is 4.04. The zero-order valence-corrected chi connectivity index (χ0v) is 10.8. The number of nitro groups is 1. The van der Waals surface area contributed by atoms with Crippen LogP contribution in [-0.4, -0.2) is 19.9 Å². The molecule has 0 spiro atoms. The Morgan fingerprint density at radius 1 is 1.20 bits per heavy atom. The molecule has 2 rings (SSSR count). The summed E-state index contributed by atoms with van der Waals surface area (Å²) in [5.74, 6) is 5.82. The van der Waals surface area contributed by atoms with Crippen molar-refractivity contribution in [3.05, 3.63) is 28.3 Å². The van der Waals surface area contributed by atoms with Crippen molar-refractivity contribution in [2.75, 3.05) is 16.9 Å². The van der Waals surface area contributed by atoms with Gasteiger partial charge in [0.05, 0.1) is 4.92 Å². The maximum absolute atomic E-state index is 11.0. The van der Waals surface area contributed by atoms with E-state index >= 15 is 0 Å². The fourth-order valence-electron chi connectivity index (χ4n) is 1.32. The Balaban J connectivity index is 2.42. The summed E-state index contributed by atoms with van der Waals surface area (Å²) in [5, 5.41) is 11.2. The van der Waals surface area contributed by atoms with Crippen LogP contribution in [0.5, 0.6) is 0 Å². The second kappa shape index (κ2) is 5.54. The van der Waals surface area contributed by atoms with Crippen LogP contribution in [0.25, 0.3) is 0 Å². The number of anilines is 3. The van der Waals surface area contributed by atoms with Crippen LogP contribution in [0.4, 0.5) is 23.1 Å². The number of hydrogen-bond acceptors (Lipinski definition) is 10. The third-order valence-corrected chi connectivity index (χ3v) is 2.98. The van der Waals surface area contributed by atoms with E-state index in [0.717, 1.165) is 11.8 Å². The number of rotatable bonds is 4. The number of nitrogen functional groups attached to an aromatic ring is 3. The fourth-order valence-corrected chi connectivity index (χ4v) is 2.19. The molecular formula is C9H10N8O2S. The van der Waals surface area contributed by atoms with Gasteiger partial charge in [-0.2, -0.15) is 0 Å². The van der Waals surface area contributed by atoms with E-state index in [2.05, 4.69) is 20.4 Å². The smallest absolute Gasteiger partial charge is 0.301 e. The normalized spacial score (nSPS) is 10.2. The highest BCUT2D eigenvalue weighted by Gasteiger charge is 2.18. The van der Waals surface area contributed by atoms with E-state index in [1.807, 2.05) is 0 Å². The standard InChI is InChI=1S/C9H10N8O2S/c10-5-3-6(11)14-9(13-5)20-8-4(17(18)19)1-2-7(15-8)16-12/h1-3H,12H2,(H,15,16)(H4,10,11,13,14). The summed E-state index contributed by atoms with van der Waals surface area (Å²) < 4.78 is 0. The molecule has 0 unspecified atom stereocenters. The van der Waals surface area contributed by atoms with Crippen molar-refractivity contribution >= 4 is 34.9 Å². The van der Waals surface area contributed by atoms with Gasteiger partial charge in [-0.3, -0.25) is 10.1 Å². The summed E-state index contributed by atoms with van der Waals surface area (Å²) in [5.41, 5.74) is 13.2. The Labute approximate surface area is 116 Å². The van der Waals surface area contributed by atoms with Crippen LogP contribution < -0.4 is 22.7 Å². The van der Waals surface area contributed by atoms with Gasteiger partial charge in [-0.1, -0.05) is 0 Å². The average Bonchev–Trinajstić information content (AvgIpc) is 2.37. The second-order valence-electron chi connectivity index (χ2n) is 3.52. The topological polar surface area (TPSA) is 172 Å². The number of hydrogen-bond donors (Lipinski definition) is 4. The molecule has 0 atom stereocenters. The van der Waals surface area contributed by atoms with E-state index in [4.69, 9.17) is 17.3 Å². The Morgan fingerprint density at radius 2 is 1.85 bits per heavy atom. The largest absolute Gasteiger partial charge is 0.383 e. The van der Waals surface area contributed by atoms with E-state index < -0.39 is 4.92 Å². The molecule has 0 amide bonds. The third-order valence-electron chi connectivity index (χ3n) is 2.12. The van der Waals surface area contributed by atoms with E-state index in [0.29, 0.717) is 0 Å². The fraction of sp³-hybridized carbons (Fsp3) is 0. The second-order valence-corrected chi connectivity index (χ2v) is 4.48. The summed E-state index contributed by atoms with van der Waals surface area (Å²) >= 11 is 0.870. The molecule has 0 aliphatic heterocycles. The van der Waals surface area contributed by atoms with Gasteiger partial charge < -0.3 is 16.9 Å². The molecule has 0 aliphatic carbocycles. The van der Waals surface area contributed by atoms with Gasteiger partial charge in [0.15, 0.2) is 10.2 Å². The highest BCUT2D eigenvalue weighted by Crippen LogP contribution is 2.32. The number of pyridine rings is 1. The van der Waals surface area contributed by atoms with Crippen LogP contribution in [0.15, 0.2) is 28.4 Å². The van der Waals surface area contributed by atoms with Crippen LogP contribution in [0.2, 0.25) is 0 Å². The minimum Gasteiger partial charge on any atom is -0.383 e. The molecule has 2 aromatic heterocycles. The van der Waals surface area contributed by atoms with Crippen molar-refractivity contribution in [1.29, 1.82) is 0 Å². The van der Waals surface area contributed by atoms with E-state index in [1.54, 1.807) is 0 Å². The quantitative estimate of drug-likeness (QED) is 0.267. The zero-order chi connectivity index (χ0) is 14.7. The molecule has 20 heavy (non-hydrogen) atoms. The molecule has 0 aliphatic rings. The Morgan fingerprint density at radius 3 is 2.40 bits per heavy atom. The number of hydrazine groups is 1. The molecule has 0 saturated heterocycles. The number of aromatic nitrogens is 3. The third kappa shape index (κ3) is 3.02. The first-order valence-electron chi connectivity index (χ1n) is 5.19. The van der Waals surface area contributed by atoms with Crippen LogP contribution in [0.1, 0.15) is 0 Å². The summed E-state index contributed by atoms with van der Waals surface area (Å²) in [7, 11) is 0. The van der Waals surface area contributed by atoms with E-state index in [-0.39, 0.29) is 33.3 Å². The molecule has 11 heteroatoms. The first-order chi connectivity index (χ1) is 9.49. The van der Waals surface area contributed by atoms with Crippen LogP contribution >= 0.6 is 11.8 Å². The van der Waals surface area contributed by atoms with Crippen molar-refractivity contribution in [3.8, 4) is 0 Å². The molecule has 2 aromatic rings. The first kappa shape index (κ1) is 13.8. The summed E-state index contributed by atoms with van der Waals surface area (Å²) in [6.45, 7) is 0. The van der Waals surface area contributed by atoms with Gasteiger partial charge in [-0.15, -0.1) is 0 Å². The molecular weight excluding hydrogens is 284 g/mol. The molecule has 0 saturated carbocycles. The summed E-state index contributed by atoms with van der Waals surface area (Å²) in [6.07, 6.45) is 0. The van der Waals surface area contributed by atoms with Gasteiger partial charge >= 0.3 is 5.69 Å². The first-order valence-corrected chi connectivity index (χ1v) is 6.01. The van der Waals surface area contributed by atoms with Crippen LogP contribution in [0.3, 0.4) is 0 Å². The van der Waals surface area contributed by atoms with Gasteiger partial charge in [-0.05, 0) is 17.8 Å². The predicted molar refractivity (Wildman–Crippen MR) is 73.7 cm³/mol. The zero-order valence-electron chi connectivity index (χ0n) is 9.98. The van der Waals surface area contributed by atoms with Gasteiger partial charge in [0.2, 0.25) is 0 Å². The van der Waals surface area contributed by atoms with E-state index in [9.17, 15) is 10.1 Å². The Bertz CT molecular complexity index is 644. The highest BCUT2D eigenvalue weighted by atomic mass is 32.2. The van der Waals surface area contributed by atoms with E-state index in [1.165, 1.54) is 18.2 Å². The van der Waals surface area contributed by atoms with Gasteiger partial charge in [0.1, 0.15) is 17.5 Å². The molecule has 0 bridgehead atoms. The van der Waals surface area contributed by atoms with Crippen molar-refractivity contribution in [1.82, 2.24) is 15.0 Å². The number of nitrogens with one attached hydrogen (secondary N) is 1. The van der Waals surface area contributed by atoms with Crippen LogP contribution in [-0.2, 0) is 0 Å². The molecule has 0 aromatic carbocycles. The summed E-state index contributed by atoms with van der Waals surface area (Å²) in [4.78, 5) is 22.2.